The number of hydrazone groups is 1. The summed E-state index contributed by atoms with van der Waals surface area (Å²) in [6.07, 6.45) is 1.34. The standard InChI is InChI=1S/C22H19ClN2O5/c1-13-4-3-5-14(2)21(13)29-12-20(26)25-24-11-16-7-9-19(30-16)15-6-8-18(23)17(10-15)22(27)28/h3-11H,12H2,1-2H3,(H,25,26)(H,27,28)/b24-11-. The minimum atomic E-state index is -1.12. The summed E-state index contributed by atoms with van der Waals surface area (Å²) in [5.41, 5.74) is 4.81. The molecule has 1 aromatic heterocycles. The number of hydrogen-bond donors (Lipinski definition) is 2. The van der Waals surface area contributed by atoms with E-state index in [0.29, 0.717) is 22.8 Å². The number of carboxylic acid groups (broad SMARTS) is 1. The second-order valence-electron chi connectivity index (χ2n) is 6.50. The van der Waals surface area contributed by atoms with Crippen LogP contribution >= 0.6 is 11.6 Å². The van der Waals surface area contributed by atoms with Crippen LogP contribution in [-0.4, -0.2) is 29.8 Å². The van der Waals surface area contributed by atoms with E-state index in [4.69, 9.17) is 20.8 Å². The van der Waals surface area contributed by atoms with Crippen molar-refractivity contribution in [1.29, 1.82) is 0 Å². The molecule has 0 aliphatic heterocycles. The number of carbonyl (C=O) groups is 2. The van der Waals surface area contributed by atoms with E-state index in [0.717, 1.165) is 11.1 Å². The predicted molar refractivity (Wildman–Crippen MR) is 113 cm³/mol. The van der Waals surface area contributed by atoms with Gasteiger partial charge in [-0.2, -0.15) is 5.10 Å². The maximum Gasteiger partial charge on any atom is 0.337 e. The van der Waals surface area contributed by atoms with Gasteiger partial charge in [-0.05, 0) is 55.3 Å². The van der Waals surface area contributed by atoms with E-state index in [1.165, 1.54) is 18.3 Å². The fraction of sp³-hybridized carbons (Fsp3) is 0.136. The molecule has 0 atom stereocenters. The SMILES string of the molecule is Cc1cccc(C)c1OCC(=O)N/N=C\c1ccc(-c2ccc(Cl)c(C(=O)O)c2)o1. The summed E-state index contributed by atoms with van der Waals surface area (Å²) >= 11 is 5.88. The Hall–Kier alpha value is -3.58. The zero-order chi connectivity index (χ0) is 21.7. The van der Waals surface area contributed by atoms with E-state index in [-0.39, 0.29) is 17.2 Å². The molecule has 7 nitrogen and oxygen atoms in total. The Morgan fingerprint density at radius 2 is 1.90 bits per heavy atom. The van der Waals surface area contributed by atoms with Crippen molar-refractivity contribution in [3.05, 3.63) is 76.0 Å². The number of amides is 1. The normalized spacial score (nSPS) is 10.9. The van der Waals surface area contributed by atoms with Gasteiger partial charge in [0.2, 0.25) is 0 Å². The summed E-state index contributed by atoms with van der Waals surface area (Å²) < 4.78 is 11.2. The van der Waals surface area contributed by atoms with Gasteiger partial charge in [-0.3, -0.25) is 4.79 Å². The van der Waals surface area contributed by atoms with Gasteiger partial charge in [0.15, 0.2) is 6.61 Å². The third kappa shape index (κ3) is 5.07. The lowest BCUT2D eigenvalue weighted by atomic mass is 10.1. The first kappa shape index (κ1) is 21.1. The molecule has 1 amide bonds. The topological polar surface area (TPSA) is 101 Å². The van der Waals surface area contributed by atoms with E-state index >= 15 is 0 Å². The molecule has 0 radical (unpaired) electrons. The minimum absolute atomic E-state index is 0.0167. The molecule has 30 heavy (non-hydrogen) atoms. The number of para-hydroxylation sites is 1. The number of nitrogens with one attached hydrogen (secondary N) is 1. The number of aryl methyl sites for hydroxylation is 2. The number of aromatic carboxylic acids is 1. The number of carboxylic acids is 1. The van der Waals surface area contributed by atoms with Crippen LogP contribution in [0.2, 0.25) is 5.02 Å². The van der Waals surface area contributed by atoms with E-state index in [9.17, 15) is 14.7 Å². The molecule has 3 aromatic rings. The van der Waals surface area contributed by atoms with Crippen LogP contribution in [0.1, 0.15) is 27.2 Å². The van der Waals surface area contributed by atoms with Crippen LogP contribution in [-0.2, 0) is 4.79 Å². The summed E-state index contributed by atoms with van der Waals surface area (Å²) in [5.74, 6) is -0.0328. The highest BCUT2D eigenvalue weighted by atomic mass is 35.5. The Labute approximate surface area is 177 Å². The largest absolute Gasteiger partial charge is 0.483 e. The molecule has 3 rings (SSSR count). The van der Waals surface area contributed by atoms with Crippen LogP contribution in [0.15, 0.2) is 58.0 Å². The quantitative estimate of drug-likeness (QED) is 0.429. The zero-order valence-electron chi connectivity index (χ0n) is 16.3. The lowest BCUT2D eigenvalue weighted by Gasteiger charge is -2.10. The third-order valence-corrected chi connectivity index (χ3v) is 4.58. The van der Waals surface area contributed by atoms with Crippen molar-refractivity contribution in [3.8, 4) is 17.1 Å². The molecule has 0 bridgehead atoms. The van der Waals surface area contributed by atoms with Crippen molar-refractivity contribution >= 4 is 29.7 Å². The fourth-order valence-corrected chi connectivity index (χ4v) is 2.98. The molecule has 0 unspecified atom stereocenters. The van der Waals surface area contributed by atoms with Gasteiger partial charge in [-0.25, -0.2) is 10.2 Å². The highest BCUT2D eigenvalue weighted by Crippen LogP contribution is 2.26. The molecule has 8 heteroatoms. The predicted octanol–water partition coefficient (Wildman–Crippen LogP) is 4.44. The number of halogens is 1. The Morgan fingerprint density at radius 1 is 1.17 bits per heavy atom. The Balaban J connectivity index is 1.59. The lowest BCUT2D eigenvalue weighted by Crippen LogP contribution is -2.24. The van der Waals surface area contributed by atoms with Crippen LogP contribution in [0.3, 0.4) is 0 Å². The summed E-state index contributed by atoms with van der Waals surface area (Å²) in [7, 11) is 0. The first-order chi connectivity index (χ1) is 14.3. The van der Waals surface area contributed by atoms with Crippen molar-refractivity contribution in [1.82, 2.24) is 5.43 Å². The Morgan fingerprint density at radius 3 is 2.60 bits per heavy atom. The van der Waals surface area contributed by atoms with Crippen molar-refractivity contribution < 1.29 is 23.8 Å². The van der Waals surface area contributed by atoms with Gasteiger partial charge in [-0.15, -0.1) is 0 Å². The molecule has 0 aliphatic rings. The highest BCUT2D eigenvalue weighted by Gasteiger charge is 2.12. The third-order valence-electron chi connectivity index (χ3n) is 4.25. The van der Waals surface area contributed by atoms with Gasteiger partial charge >= 0.3 is 5.97 Å². The molecule has 0 fully saturated rings. The van der Waals surface area contributed by atoms with Gasteiger partial charge in [0, 0.05) is 5.56 Å². The van der Waals surface area contributed by atoms with Gasteiger partial charge in [0.25, 0.3) is 5.91 Å². The molecular weight excluding hydrogens is 408 g/mol. The smallest absolute Gasteiger partial charge is 0.337 e. The highest BCUT2D eigenvalue weighted by molar-refractivity contribution is 6.33. The number of rotatable bonds is 7. The van der Waals surface area contributed by atoms with E-state index < -0.39 is 11.9 Å². The zero-order valence-corrected chi connectivity index (χ0v) is 17.1. The first-order valence-corrected chi connectivity index (χ1v) is 9.37. The summed E-state index contributed by atoms with van der Waals surface area (Å²) in [6.45, 7) is 3.65. The second kappa shape index (κ2) is 9.28. The average Bonchev–Trinajstić information content (AvgIpc) is 3.16. The molecule has 0 saturated heterocycles. The van der Waals surface area contributed by atoms with Crippen molar-refractivity contribution in [3.63, 3.8) is 0 Å². The minimum Gasteiger partial charge on any atom is -0.483 e. The average molecular weight is 427 g/mol. The number of benzene rings is 2. The first-order valence-electron chi connectivity index (χ1n) is 8.99. The van der Waals surface area contributed by atoms with Crippen LogP contribution in [0.5, 0.6) is 5.75 Å². The van der Waals surface area contributed by atoms with Gasteiger partial charge < -0.3 is 14.3 Å². The van der Waals surface area contributed by atoms with Gasteiger partial charge in [0.05, 0.1) is 16.8 Å². The summed E-state index contributed by atoms with van der Waals surface area (Å²) in [5, 5.41) is 13.2. The molecule has 154 valence electrons. The van der Waals surface area contributed by atoms with E-state index in [1.807, 2.05) is 32.0 Å². The molecule has 0 aliphatic carbocycles. The van der Waals surface area contributed by atoms with Crippen LogP contribution in [0.25, 0.3) is 11.3 Å². The number of carbonyl (C=O) groups excluding carboxylic acids is 1. The molecule has 0 spiro atoms. The monoisotopic (exact) mass is 426 g/mol. The lowest BCUT2D eigenvalue weighted by molar-refractivity contribution is -0.123. The summed E-state index contributed by atoms with van der Waals surface area (Å²) in [6, 6.07) is 13.6. The van der Waals surface area contributed by atoms with Crippen molar-refractivity contribution in [2.75, 3.05) is 6.61 Å². The molecule has 1 heterocycles. The van der Waals surface area contributed by atoms with Crippen LogP contribution in [0, 0.1) is 13.8 Å². The number of hydrogen-bond acceptors (Lipinski definition) is 5. The number of ether oxygens (including phenoxy) is 1. The Bertz CT molecular complexity index is 1100. The maximum absolute atomic E-state index is 11.9. The molecule has 2 N–H and O–H groups in total. The van der Waals surface area contributed by atoms with Crippen molar-refractivity contribution in [2.24, 2.45) is 5.10 Å². The van der Waals surface area contributed by atoms with E-state index in [1.54, 1.807) is 18.2 Å². The van der Waals surface area contributed by atoms with Crippen LogP contribution < -0.4 is 10.2 Å². The number of furan rings is 1. The molecule has 2 aromatic carbocycles. The Kier molecular flexibility index (Phi) is 6.54. The van der Waals surface area contributed by atoms with Crippen LogP contribution in [0.4, 0.5) is 0 Å². The van der Waals surface area contributed by atoms with Gasteiger partial charge in [0.1, 0.15) is 17.3 Å². The number of nitrogens with zero attached hydrogens (tertiary/aromatic N) is 1. The van der Waals surface area contributed by atoms with Crippen molar-refractivity contribution in [2.45, 2.75) is 13.8 Å². The molecule has 0 saturated carbocycles. The van der Waals surface area contributed by atoms with Gasteiger partial charge in [-0.1, -0.05) is 29.8 Å². The molecular formula is C22H19ClN2O5. The second-order valence-corrected chi connectivity index (χ2v) is 6.91. The van der Waals surface area contributed by atoms with E-state index in [2.05, 4.69) is 10.5 Å². The maximum atomic E-state index is 11.9. The fourth-order valence-electron chi connectivity index (χ4n) is 2.78. The summed E-state index contributed by atoms with van der Waals surface area (Å²) in [4.78, 5) is 23.2.